The Morgan fingerprint density at radius 1 is 0.696 bits per heavy atom. The Kier molecular flexibility index (Phi) is 19.7. The molecule has 1 rings (SSSR count). The fourth-order valence-corrected chi connectivity index (χ4v) is 0.953. The zero-order chi connectivity index (χ0) is 18.6. The van der Waals surface area contributed by atoms with E-state index >= 15 is 0 Å². The average Bonchev–Trinajstić information content (AvgIpc) is 2.60. The van der Waals surface area contributed by atoms with Crippen LogP contribution in [0.15, 0.2) is 24.3 Å². The van der Waals surface area contributed by atoms with E-state index in [1.807, 2.05) is 24.3 Å². The number of rotatable bonds is 1. The van der Waals surface area contributed by atoms with Crippen LogP contribution in [0.5, 0.6) is 0 Å². The second-order valence-corrected chi connectivity index (χ2v) is 9.02. The van der Waals surface area contributed by atoms with E-state index in [1.165, 1.54) is 0 Å². The molecule has 0 aliphatic rings. The van der Waals surface area contributed by atoms with E-state index < -0.39 is 26.7 Å². The summed E-state index contributed by atoms with van der Waals surface area (Å²) in [5, 5.41) is 26.5. The van der Waals surface area contributed by atoms with Gasteiger partial charge in [-0.1, -0.05) is 0 Å². The molecule has 0 bridgehead atoms. The van der Waals surface area contributed by atoms with Crippen molar-refractivity contribution in [2.45, 2.75) is 79.1 Å². The molecule has 0 heterocycles. The summed E-state index contributed by atoms with van der Waals surface area (Å²) >= 11 is 0. The summed E-state index contributed by atoms with van der Waals surface area (Å²) in [6.45, 7) is 15.7. The molecule has 0 atom stereocenters. The fraction of sp³-hybridized carbons (Fsp3) is 0.706. The number of hydrogen-bond donors (Lipinski definition) is 3. The molecule has 0 radical (unpaired) electrons. The van der Waals surface area contributed by atoms with E-state index in [9.17, 15) is 4.11 Å². The molecule has 0 saturated heterocycles. The Bertz CT molecular complexity index is 290. The van der Waals surface area contributed by atoms with Crippen molar-refractivity contribution in [1.82, 2.24) is 0 Å². The molecular weight excluding hydrogens is 478 g/mol. The summed E-state index contributed by atoms with van der Waals surface area (Å²) in [5.41, 5.74) is -1.50. The molecule has 6 heteroatoms. The van der Waals surface area contributed by atoms with E-state index in [1.54, 1.807) is 62.3 Å². The van der Waals surface area contributed by atoms with Crippen LogP contribution in [0.25, 0.3) is 0 Å². The van der Waals surface area contributed by atoms with Gasteiger partial charge in [-0.05, 0) is 62.3 Å². The van der Waals surface area contributed by atoms with Crippen molar-refractivity contribution in [3.05, 3.63) is 24.3 Å². The summed E-state index contributed by atoms with van der Waals surface area (Å²) < 4.78 is 11.7. The van der Waals surface area contributed by atoms with Crippen molar-refractivity contribution >= 4 is 15.0 Å². The summed E-state index contributed by atoms with van der Waals surface area (Å²) in [7, 11) is -1.37. The largest absolute Gasteiger partial charge is 0.391 e. The van der Waals surface area contributed by atoms with E-state index in [0.717, 1.165) is 5.19 Å². The van der Waals surface area contributed by atoms with Crippen LogP contribution in [0.2, 0.25) is 0 Å². The van der Waals surface area contributed by atoms with E-state index in [4.69, 9.17) is 15.3 Å². The van der Waals surface area contributed by atoms with Crippen LogP contribution >= 0.6 is 0 Å². The molecule has 3 nitrogen and oxygen atoms in total. The van der Waals surface area contributed by atoms with Crippen LogP contribution in [0, 0.1) is 0 Å². The molecule has 0 saturated carbocycles. The minimum absolute atomic E-state index is 0. The van der Waals surface area contributed by atoms with Gasteiger partial charge in [-0.15, -0.1) is 5.19 Å². The first-order valence-electron chi connectivity index (χ1n) is 7.37. The Hall–Kier alpha value is 0.247. The molecule has 0 spiro atoms. The van der Waals surface area contributed by atoms with Crippen LogP contribution < -0.4 is 5.19 Å². The van der Waals surface area contributed by atoms with Gasteiger partial charge >= 0.3 is 0 Å². The monoisotopic (exact) mass is 515 g/mol. The van der Waals surface area contributed by atoms with Gasteiger partial charge in [0.1, 0.15) is 0 Å². The quantitative estimate of drug-likeness (QED) is 0.307. The maximum atomic E-state index is 11.7. The fourth-order valence-electron chi connectivity index (χ4n) is 0.503. The molecule has 138 valence electrons. The predicted molar refractivity (Wildman–Crippen MR) is 97.2 cm³/mol. The Balaban J connectivity index is -0.000000105. The minimum Gasteiger partial charge on any atom is -0.391 e. The minimum atomic E-state index is -1.37. The Morgan fingerprint density at radius 2 is 0.870 bits per heavy atom. The van der Waals surface area contributed by atoms with E-state index in [2.05, 4.69) is 0 Å². The SMILES string of the molecule is CC(C)(C)O.CC(C)(C)O.CC(C)(C)O.F[SiH2][c-]1cccc1.[Hf]. The second kappa shape index (κ2) is 14.6. The van der Waals surface area contributed by atoms with Gasteiger partial charge in [-0.3, -0.25) is 0 Å². The van der Waals surface area contributed by atoms with Crippen LogP contribution in [-0.4, -0.2) is 42.0 Å². The predicted octanol–water partition coefficient (Wildman–Crippen LogP) is 2.41. The first kappa shape index (κ1) is 31.1. The second-order valence-electron chi connectivity index (χ2n) is 7.94. The van der Waals surface area contributed by atoms with Gasteiger partial charge in [-0.2, -0.15) is 12.1 Å². The van der Waals surface area contributed by atoms with Crippen LogP contribution in [0.4, 0.5) is 4.11 Å². The van der Waals surface area contributed by atoms with Crippen molar-refractivity contribution < 1.29 is 45.3 Å². The molecule has 0 aliphatic carbocycles. The molecular formula is C17H36FHfO3Si-. The third-order valence-corrected chi connectivity index (χ3v) is 1.67. The molecule has 3 N–H and O–H groups in total. The summed E-state index contributed by atoms with van der Waals surface area (Å²) in [6.07, 6.45) is 0. The van der Waals surface area contributed by atoms with Gasteiger partial charge in [-0.25, -0.2) is 12.1 Å². The maximum Gasteiger partial charge on any atom is 0.189 e. The zero-order valence-corrected chi connectivity index (χ0v) is 21.2. The van der Waals surface area contributed by atoms with Crippen molar-refractivity contribution in [3.63, 3.8) is 0 Å². The zero-order valence-electron chi connectivity index (χ0n) is 16.2. The van der Waals surface area contributed by atoms with Crippen LogP contribution in [0.3, 0.4) is 0 Å². The first-order chi connectivity index (χ1) is 9.43. The van der Waals surface area contributed by atoms with Crippen LogP contribution in [0.1, 0.15) is 62.3 Å². The summed E-state index contributed by atoms with van der Waals surface area (Å²) in [4.78, 5) is 0. The van der Waals surface area contributed by atoms with Gasteiger partial charge in [0, 0.05) is 25.8 Å². The van der Waals surface area contributed by atoms with Gasteiger partial charge in [0.25, 0.3) is 0 Å². The Labute approximate surface area is 163 Å². The summed E-state index contributed by atoms with van der Waals surface area (Å²) in [6, 6.07) is 7.38. The maximum absolute atomic E-state index is 11.7. The average molecular weight is 514 g/mol. The number of hydrogen-bond acceptors (Lipinski definition) is 3. The van der Waals surface area contributed by atoms with Gasteiger partial charge < -0.3 is 19.4 Å². The van der Waals surface area contributed by atoms with Crippen molar-refractivity contribution in [1.29, 1.82) is 0 Å². The number of halogens is 1. The normalized spacial score (nSPS) is 11.2. The molecule has 23 heavy (non-hydrogen) atoms. The molecule has 0 fully saturated rings. The summed E-state index contributed by atoms with van der Waals surface area (Å²) in [5.74, 6) is 0. The van der Waals surface area contributed by atoms with Crippen molar-refractivity contribution in [2.75, 3.05) is 0 Å². The van der Waals surface area contributed by atoms with Crippen molar-refractivity contribution in [3.8, 4) is 0 Å². The van der Waals surface area contributed by atoms with Gasteiger partial charge in [0.2, 0.25) is 0 Å². The van der Waals surface area contributed by atoms with E-state index in [-0.39, 0.29) is 25.8 Å². The molecule has 0 aromatic heterocycles. The standard InChI is InChI=1S/C5H6FSi.3C4H10O.Hf/c6-7-5-3-1-2-4-5;3*1-4(2,3)5;/h1-4H,7H2;3*5H,1-3H3;/q-1;;;;. The molecule has 0 amide bonds. The third kappa shape index (κ3) is 107. The smallest absolute Gasteiger partial charge is 0.189 e. The van der Waals surface area contributed by atoms with Gasteiger partial charge in [0.15, 0.2) is 9.85 Å². The number of aliphatic hydroxyl groups is 3. The van der Waals surface area contributed by atoms with Crippen LogP contribution in [-0.2, 0) is 25.8 Å². The Morgan fingerprint density at radius 3 is 0.957 bits per heavy atom. The molecule has 1 aromatic rings. The van der Waals surface area contributed by atoms with Crippen molar-refractivity contribution in [2.24, 2.45) is 0 Å². The third-order valence-electron chi connectivity index (χ3n) is 0.886. The molecule has 1 aromatic carbocycles. The molecule has 0 unspecified atom stereocenters. The topological polar surface area (TPSA) is 60.7 Å². The van der Waals surface area contributed by atoms with E-state index in [0.29, 0.717) is 0 Å². The first-order valence-corrected chi connectivity index (χ1v) is 8.61. The van der Waals surface area contributed by atoms with Gasteiger partial charge in [0.05, 0.1) is 16.8 Å². The molecule has 0 aliphatic heterocycles.